The van der Waals surface area contributed by atoms with Gasteiger partial charge in [-0.2, -0.15) is 0 Å². The molecule has 1 aliphatic heterocycles. The molecule has 1 heterocycles. The van der Waals surface area contributed by atoms with Gasteiger partial charge in [-0.3, -0.25) is 0 Å². The highest BCUT2D eigenvalue weighted by atomic mass is 19.0. The van der Waals surface area contributed by atoms with Crippen LogP contribution in [0.25, 0.3) is 0 Å². The Bertz CT molecular complexity index is 94.7. The highest BCUT2D eigenvalue weighted by molar-refractivity contribution is 4.61. The molecule has 2 heteroatoms. The Morgan fingerprint density at radius 2 is 1.69 bits per heavy atom. The molecule has 1 aliphatic rings. The lowest BCUT2D eigenvalue weighted by atomic mass is 9.92. The minimum atomic E-state index is 0. The number of hydrogen-bond donors (Lipinski definition) is 1. The van der Waals surface area contributed by atoms with Crippen LogP contribution < -0.4 is 9.60 Å². The quantitative estimate of drug-likeness (QED) is 0.549. The van der Waals surface area contributed by atoms with Crippen molar-refractivity contribution in [2.75, 3.05) is 19.6 Å². The summed E-state index contributed by atoms with van der Waals surface area (Å²) < 4.78 is 0. The molecule has 0 bridgehead atoms. The van der Waals surface area contributed by atoms with Crippen molar-refractivity contribution >= 4 is 0 Å². The fraction of sp³-hybridized carbons (Fsp3) is 1.00. The Morgan fingerprint density at radius 3 is 2.15 bits per heavy atom. The molecule has 0 aromatic heterocycles. The summed E-state index contributed by atoms with van der Waals surface area (Å²) in [6.07, 6.45) is 7.19. The van der Waals surface area contributed by atoms with Gasteiger partial charge in [-0.15, -0.1) is 0 Å². The molecule has 1 nitrogen and oxygen atoms in total. The highest BCUT2D eigenvalue weighted by Gasteiger charge is 2.19. The van der Waals surface area contributed by atoms with E-state index in [0.717, 1.165) is 5.92 Å². The smallest absolute Gasteiger partial charge is 0.0773 e. The lowest BCUT2D eigenvalue weighted by Crippen LogP contribution is -3.13. The molecule has 0 aliphatic carbocycles. The molecule has 0 radical (unpaired) electrons. The predicted octanol–water partition coefficient (Wildman–Crippen LogP) is -1.50. The molecule has 0 amide bonds. The van der Waals surface area contributed by atoms with E-state index in [0.29, 0.717) is 0 Å². The van der Waals surface area contributed by atoms with Crippen molar-refractivity contribution in [3.8, 4) is 0 Å². The molecule has 0 aromatic rings. The predicted molar refractivity (Wildman–Crippen MR) is 53.5 cm³/mol. The maximum absolute atomic E-state index is 2.31. The summed E-state index contributed by atoms with van der Waals surface area (Å²) in [5.41, 5.74) is 0. The van der Waals surface area contributed by atoms with E-state index in [1.807, 2.05) is 4.90 Å². The van der Waals surface area contributed by atoms with Gasteiger partial charge in [0.25, 0.3) is 0 Å². The van der Waals surface area contributed by atoms with Crippen LogP contribution in [-0.2, 0) is 0 Å². The van der Waals surface area contributed by atoms with E-state index in [1.54, 1.807) is 0 Å². The summed E-state index contributed by atoms with van der Waals surface area (Å²) in [5, 5.41) is 0. The van der Waals surface area contributed by atoms with Crippen LogP contribution in [0.3, 0.4) is 0 Å². The first-order chi connectivity index (χ1) is 5.86. The molecule has 0 atom stereocenters. The van der Waals surface area contributed by atoms with Gasteiger partial charge in [-0.05, 0) is 25.2 Å². The molecule has 1 fully saturated rings. The highest BCUT2D eigenvalue weighted by Crippen LogP contribution is 2.15. The van der Waals surface area contributed by atoms with Crippen LogP contribution in [-0.4, -0.2) is 19.6 Å². The fourth-order valence-corrected chi connectivity index (χ4v) is 2.39. The van der Waals surface area contributed by atoms with E-state index in [1.165, 1.54) is 51.7 Å². The van der Waals surface area contributed by atoms with Gasteiger partial charge in [-0.1, -0.05) is 26.7 Å². The topological polar surface area (TPSA) is 4.44 Å². The molecule has 80 valence electrons. The molecule has 1 saturated heterocycles. The van der Waals surface area contributed by atoms with Gasteiger partial charge in [0.1, 0.15) is 0 Å². The van der Waals surface area contributed by atoms with E-state index in [9.17, 15) is 0 Å². The largest absolute Gasteiger partial charge is 1.00 e. The Balaban J connectivity index is 0.00000144. The molecular formula is C11H24FN. The van der Waals surface area contributed by atoms with E-state index >= 15 is 0 Å². The van der Waals surface area contributed by atoms with Gasteiger partial charge >= 0.3 is 0 Å². The number of hydrogen-bond acceptors (Lipinski definition) is 0. The number of likely N-dealkylation sites (tertiary alicyclic amines) is 1. The summed E-state index contributed by atoms with van der Waals surface area (Å²) in [4.78, 5) is 1.85. The Labute approximate surface area is 81.9 Å². The lowest BCUT2D eigenvalue weighted by Gasteiger charge is -2.28. The molecule has 0 aromatic carbocycles. The monoisotopic (exact) mass is 189 g/mol. The second-order valence-corrected chi connectivity index (χ2v) is 4.23. The van der Waals surface area contributed by atoms with Crippen molar-refractivity contribution in [1.29, 1.82) is 0 Å². The van der Waals surface area contributed by atoms with E-state index in [4.69, 9.17) is 0 Å². The Morgan fingerprint density at radius 1 is 1.08 bits per heavy atom. The molecule has 13 heavy (non-hydrogen) atoms. The van der Waals surface area contributed by atoms with Crippen molar-refractivity contribution in [3.05, 3.63) is 0 Å². The Hall–Kier alpha value is -0.110. The fourth-order valence-electron chi connectivity index (χ4n) is 2.39. The van der Waals surface area contributed by atoms with Crippen molar-refractivity contribution in [2.45, 2.75) is 46.0 Å². The maximum Gasteiger partial charge on any atom is 0.0773 e. The summed E-state index contributed by atoms with van der Waals surface area (Å²) >= 11 is 0. The van der Waals surface area contributed by atoms with Crippen molar-refractivity contribution in [1.82, 2.24) is 0 Å². The zero-order chi connectivity index (χ0) is 8.81. The van der Waals surface area contributed by atoms with E-state index in [-0.39, 0.29) is 4.70 Å². The van der Waals surface area contributed by atoms with Crippen LogP contribution in [0.15, 0.2) is 0 Å². The number of rotatable bonds is 4. The third-order valence-electron chi connectivity index (χ3n) is 3.11. The third-order valence-corrected chi connectivity index (χ3v) is 3.11. The summed E-state index contributed by atoms with van der Waals surface area (Å²) in [7, 11) is 0. The van der Waals surface area contributed by atoms with Crippen LogP contribution in [0.5, 0.6) is 0 Å². The number of halogens is 1. The number of nitrogens with one attached hydrogen (secondary N) is 1. The normalized spacial score (nSPS) is 28.2. The summed E-state index contributed by atoms with van der Waals surface area (Å²) in [5.74, 6) is 1.07. The minimum absolute atomic E-state index is 0. The zero-order valence-electron chi connectivity index (χ0n) is 9.11. The van der Waals surface area contributed by atoms with Crippen LogP contribution >= 0.6 is 0 Å². The van der Waals surface area contributed by atoms with Crippen LogP contribution in [0.4, 0.5) is 0 Å². The lowest BCUT2D eigenvalue weighted by molar-refractivity contribution is -0.906. The zero-order valence-corrected chi connectivity index (χ0v) is 9.11. The van der Waals surface area contributed by atoms with Crippen molar-refractivity contribution in [3.63, 3.8) is 0 Å². The number of piperidine rings is 1. The summed E-state index contributed by atoms with van der Waals surface area (Å²) in [6.45, 7) is 8.90. The molecule has 1 rings (SSSR count). The second-order valence-electron chi connectivity index (χ2n) is 4.23. The molecular weight excluding hydrogens is 165 g/mol. The average molecular weight is 189 g/mol. The van der Waals surface area contributed by atoms with Gasteiger partial charge < -0.3 is 9.60 Å². The SMILES string of the molecule is CCCC1CC[NH+](CCC)CC1.[F-]. The molecule has 1 N–H and O–H groups in total. The molecule has 0 saturated carbocycles. The first-order valence-corrected chi connectivity index (χ1v) is 5.70. The first-order valence-electron chi connectivity index (χ1n) is 5.70. The van der Waals surface area contributed by atoms with Crippen LogP contribution in [0.2, 0.25) is 0 Å². The molecule has 0 spiro atoms. The Kier molecular flexibility index (Phi) is 7.25. The first kappa shape index (κ1) is 12.9. The summed E-state index contributed by atoms with van der Waals surface area (Å²) in [6, 6.07) is 0. The minimum Gasteiger partial charge on any atom is -1.00 e. The van der Waals surface area contributed by atoms with Gasteiger partial charge in [0.05, 0.1) is 19.6 Å². The van der Waals surface area contributed by atoms with Gasteiger partial charge in [0.2, 0.25) is 0 Å². The van der Waals surface area contributed by atoms with Crippen molar-refractivity contribution in [2.24, 2.45) is 5.92 Å². The average Bonchev–Trinajstić information content (AvgIpc) is 2.09. The van der Waals surface area contributed by atoms with E-state index in [2.05, 4.69) is 13.8 Å². The standard InChI is InChI=1S/C11H23N.FH/c1-3-5-11-6-9-12(8-4-2)10-7-11;/h11H,3-10H2,1-2H3;1H. The van der Waals surface area contributed by atoms with Gasteiger partial charge in [0, 0.05) is 0 Å². The van der Waals surface area contributed by atoms with E-state index < -0.39 is 0 Å². The molecule has 0 unspecified atom stereocenters. The number of quaternary nitrogens is 1. The van der Waals surface area contributed by atoms with Crippen molar-refractivity contribution < 1.29 is 9.60 Å². The second kappa shape index (κ2) is 7.31. The van der Waals surface area contributed by atoms with Gasteiger partial charge in [-0.25, -0.2) is 0 Å². The van der Waals surface area contributed by atoms with Crippen LogP contribution in [0, 0.1) is 5.92 Å². The maximum atomic E-state index is 2.31. The third kappa shape index (κ3) is 4.61. The van der Waals surface area contributed by atoms with Gasteiger partial charge in [0.15, 0.2) is 0 Å². The van der Waals surface area contributed by atoms with Crippen LogP contribution in [0.1, 0.15) is 46.0 Å².